The van der Waals surface area contributed by atoms with Gasteiger partial charge in [-0.25, -0.2) is 0 Å². The third-order valence-corrected chi connectivity index (χ3v) is 4.81. The van der Waals surface area contributed by atoms with Crippen LogP contribution in [0.25, 0.3) is 0 Å². The predicted octanol–water partition coefficient (Wildman–Crippen LogP) is 1.67. The van der Waals surface area contributed by atoms with E-state index in [-0.39, 0.29) is 5.91 Å². The Balaban J connectivity index is 1.88. The summed E-state index contributed by atoms with van der Waals surface area (Å²) in [7, 11) is 0. The molecule has 1 N–H and O–H groups in total. The number of hydrogen-bond acceptors (Lipinski definition) is 2. The van der Waals surface area contributed by atoms with Crippen molar-refractivity contribution in [1.82, 2.24) is 10.2 Å². The lowest BCUT2D eigenvalue weighted by Crippen LogP contribution is -2.56. The normalized spacial score (nSPS) is 34.5. The Morgan fingerprint density at radius 1 is 1.19 bits per heavy atom. The number of nitrogens with one attached hydrogen (secondary N) is 1. The second kappa shape index (κ2) is 4.02. The van der Waals surface area contributed by atoms with Crippen molar-refractivity contribution in [2.24, 2.45) is 0 Å². The Hall–Kier alpha value is -0.570. The Bertz CT molecular complexity index is 284. The Kier molecular flexibility index (Phi) is 2.66. The Labute approximate surface area is 97.6 Å². The van der Waals surface area contributed by atoms with Gasteiger partial charge in [0.05, 0.1) is 0 Å². The highest BCUT2D eigenvalue weighted by atomic mass is 16.1. The minimum Gasteiger partial charge on any atom is -0.354 e. The van der Waals surface area contributed by atoms with Crippen molar-refractivity contribution in [3.8, 4) is 0 Å². The van der Waals surface area contributed by atoms with Crippen LogP contribution < -0.4 is 5.32 Å². The quantitative estimate of drug-likeness (QED) is 0.676. The molecule has 3 fully saturated rings. The molecule has 0 aromatic heterocycles. The van der Waals surface area contributed by atoms with E-state index in [0.29, 0.717) is 11.6 Å². The Morgan fingerprint density at radius 3 is 2.81 bits per heavy atom. The van der Waals surface area contributed by atoms with Crippen LogP contribution >= 0.6 is 0 Å². The maximum atomic E-state index is 11.7. The number of nitrogens with zero attached hydrogens (tertiary/aromatic N) is 1. The summed E-state index contributed by atoms with van der Waals surface area (Å²) >= 11 is 0. The Morgan fingerprint density at radius 2 is 2.00 bits per heavy atom. The second-order valence-electron chi connectivity index (χ2n) is 5.76. The fourth-order valence-electron chi connectivity index (χ4n) is 3.99. The molecule has 3 nitrogen and oxygen atoms in total. The molecule has 1 unspecified atom stereocenters. The molecule has 0 aromatic rings. The molecule has 0 bridgehead atoms. The SMILES string of the molecule is O=C1CC2CCCCN2C2(CCCC2)CN1. The maximum Gasteiger partial charge on any atom is 0.221 e. The zero-order valence-electron chi connectivity index (χ0n) is 10.0. The molecule has 1 spiro atoms. The van der Waals surface area contributed by atoms with E-state index in [2.05, 4.69) is 10.2 Å². The van der Waals surface area contributed by atoms with E-state index in [1.165, 1.54) is 51.5 Å². The van der Waals surface area contributed by atoms with Crippen LogP contribution in [0.3, 0.4) is 0 Å². The third-order valence-electron chi connectivity index (χ3n) is 4.81. The fraction of sp³-hybridized carbons (Fsp3) is 0.923. The summed E-state index contributed by atoms with van der Waals surface area (Å²) < 4.78 is 0. The first kappa shape index (κ1) is 10.6. The van der Waals surface area contributed by atoms with Crippen LogP contribution in [0.1, 0.15) is 51.4 Å². The molecule has 2 heterocycles. The third kappa shape index (κ3) is 1.65. The minimum atomic E-state index is 0.278. The van der Waals surface area contributed by atoms with Crippen LogP contribution in [0.5, 0.6) is 0 Å². The molecule has 3 aliphatic rings. The van der Waals surface area contributed by atoms with Gasteiger partial charge in [-0.2, -0.15) is 0 Å². The first-order valence-electron chi connectivity index (χ1n) is 6.84. The summed E-state index contributed by atoms with van der Waals surface area (Å²) in [6.07, 6.45) is 9.89. The average molecular weight is 222 g/mol. The van der Waals surface area contributed by atoms with E-state index in [0.717, 1.165) is 13.0 Å². The van der Waals surface area contributed by atoms with Crippen molar-refractivity contribution in [1.29, 1.82) is 0 Å². The molecule has 1 aliphatic carbocycles. The molecule has 2 saturated heterocycles. The first-order chi connectivity index (χ1) is 7.80. The largest absolute Gasteiger partial charge is 0.354 e. The molecule has 2 aliphatic heterocycles. The number of hydrogen-bond donors (Lipinski definition) is 1. The van der Waals surface area contributed by atoms with Crippen molar-refractivity contribution in [3.63, 3.8) is 0 Å². The van der Waals surface area contributed by atoms with Gasteiger partial charge >= 0.3 is 0 Å². The highest BCUT2D eigenvalue weighted by Crippen LogP contribution is 2.40. The van der Waals surface area contributed by atoms with E-state index in [1.54, 1.807) is 0 Å². The molecule has 3 heteroatoms. The van der Waals surface area contributed by atoms with Crippen LogP contribution in [-0.2, 0) is 4.79 Å². The molecule has 0 aromatic carbocycles. The predicted molar refractivity (Wildman–Crippen MR) is 63.2 cm³/mol. The van der Waals surface area contributed by atoms with Gasteiger partial charge < -0.3 is 5.32 Å². The van der Waals surface area contributed by atoms with Gasteiger partial charge in [0.25, 0.3) is 0 Å². The maximum absolute atomic E-state index is 11.7. The molecule has 1 amide bonds. The molecule has 16 heavy (non-hydrogen) atoms. The number of carbonyl (C=O) groups excluding carboxylic acids is 1. The smallest absolute Gasteiger partial charge is 0.221 e. The molecule has 1 atom stereocenters. The van der Waals surface area contributed by atoms with Gasteiger partial charge in [-0.15, -0.1) is 0 Å². The van der Waals surface area contributed by atoms with Gasteiger partial charge in [0.1, 0.15) is 0 Å². The number of fused-ring (bicyclic) bond motifs is 2. The van der Waals surface area contributed by atoms with Crippen molar-refractivity contribution in [2.75, 3.05) is 13.1 Å². The monoisotopic (exact) mass is 222 g/mol. The lowest BCUT2D eigenvalue weighted by molar-refractivity contribution is -0.121. The molecule has 0 radical (unpaired) electrons. The van der Waals surface area contributed by atoms with Crippen molar-refractivity contribution in [3.05, 3.63) is 0 Å². The first-order valence-corrected chi connectivity index (χ1v) is 6.84. The zero-order valence-corrected chi connectivity index (χ0v) is 10.0. The summed E-state index contributed by atoms with van der Waals surface area (Å²) in [5.41, 5.74) is 0.331. The van der Waals surface area contributed by atoms with Gasteiger partial charge in [-0.1, -0.05) is 19.3 Å². The number of carbonyl (C=O) groups is 1. The summed E-state index contributed by atoms with van der Waals surface area (Å²) in [4.78, 5) is 14.4. The highest BCUT2D eigenvalue weighted by molar-refractivity contribution is 5.77. The van der Waals surface area contributed by atoms with Crippen molar-refractivity contribution in [2.45, 2.75) is 62.9 Å². The van der Waals surface area contributed by atoms with E-state index < -0.39 is 0 Å². The van der Waals surface area contributed by atoms with Gasteiger partial charge in [0.15, 0.2) is 0 Å². The van der Waals surface area contributed by atoms with Crippen molar-refractivity contribution < 1.29 is 4.79 Å². The van der Waals surface area contributed by atoms with Crippen LogP contribution in [0.15, 0.2) is 0 Å². The summed E-state index contributed by atoms with van der Waals surface area (Å²) in [5, 5.41) is 3.15. The molecular formula is C13H22N2O. The van der Waals surface area contributed by atoms with Gasteiger partial charge in [-0.05, 0) is 32.2 Å². The van der Waals surface area contributed by atoms with E-state index in [9.17, 15) is 4.79 Å². The summed E-state index contributed by atoms with van der Waals surface area (Å²) in [6, 6.07) is 0.536. The lowest BCUT2D eigenvalue weighted by atomic mass is 9.89. The molecule has 3 rings (SSSR count). The van der Waals surface area contributed by atoms with E-state index in [4.69, 9.17) is 0 Å². The zero-order chi connectivity index (χ0) is 11.0. The summed E-state index contributed by atoms with van der Waals surface area (Å²) in [6.45, 7) is 2.13. The van der Waals surface area contributed by atoms with Crippen molar-refractivity contribution >= 4 is 5.91 Å². The van der Waals surface area contributed by atoms with Crippen LogP contribution in [-0.4, -0.2) is 35.5 Å². The van der Waals surface area contributed by atoms with Gasteiger partial charge in [0.2, 0.25) is 5.91 Å². The molecule has 1 saturated carbocycles. The standard InChI is InChI=1S/C13H22N2O/c16-12-9-11-5-1-4-8-15(11)13(10-14-12)6-2-3-7-13/h11H,1-10H2,(H,14,16). The lowest BCUT2D eigenvalue weighted by Gasteiger charge is -2.46. The minimum absolute atomic E-state index is 0.278. The topological polar surface area (TPSA) is 32.3 Å². The van der Waals surface area contributed by atoms with E-state index in [1.807, 2.05) is 0 Å². The average Bonchev–Trinajstić information content (AvgIpc) is 2.71. The van der Waals surface area contributed by atoms with Crippen LogP contribution in [0.4, 0.5) is 0 Å². The van der Waals surface area contributed by atoms with Gasteiger partial charge in [-0.3, -0.25) is 9.69 Å². The molecular weight excluding hydrogens is 200 g/mol. The second-order valence-corrected chi connectivity index (χ2v) is 5.76. The van der Waals surface area contributed by atoms with Crippen LogP contribution in [0, 0.1) is 0 Å². The highest BCUT2D eigenvalue weighted by Gasteiger charge is 2.45. The summed E-state index contributed by atoms with van der Waals surface area (Å²) in [5.74, 6) is 0.278. The molecule has 90 valence electrons. The van der Waals surface area contributed by atoms with Gasteiger partial charge in [0, 0.05) is 24.5 Å². The number of amides is 1. The number of piperidine rings is 1. The van der Waals surface area contributed by atoms with Crippen LogP contribution in [0.2, 0.25) is 0 Å². The number of rotatable bonds is 0. The fourth-order valence-corrected chi connectivity index (χ4v) is 3.99. The van der Waals surface area contributed by atoms with E-state index >= 15 is 0 Å².